The Kier molecular flexibility index (Phi) is 5.78. The van der Waals surface area contributed by atoms with E-state index in [1.807, 2.05) is 0 Å². The predicted molar refractivity (Wildman–Crippen MR) is 84.4 cm³/mol. The van der Waals surface area contributed by atoms with Crippen molar-refractivity contribution in [3.05, 3.63) is 28.7 Å². The van der Waals surface area contributed by atoms with Crippen molar-refractivity contribution in [3.8, 4) is 0 Å². The SMILES string of the molecule is O=C(CNS(=O)(=O)c1ccc(Br)cc1)N1CCCCCC1. The zero-order chi connectivity index (χ0) is 15.3. The Morgan fingerprint density at radius 2 is 1.67 bits per heavy atom. The molecule has 0 spiro atoms. The van der Waals surface area contributed by atoms with Crippen molar-refractivity contribution in [2.75, 3.05) is 19.6 Å². The first-order chi connectivity index (χ1) is 9.99. The highest BCUT2D eigenvalue weighted by Crippen LogP contribution is 2.14. The van der Waals surface area contributed by atoms with Crippen molar-refractivity contribution in [2.45, 2.75) is 30.6 Å². The molecule has 1 aliphatic rings. The first kappa shape index (κ1) is 16.5. The molecular weight excluding hydrogens is 356 g/mol. The molecule has 1 aliphatic heterocycles. The van der Waals surface area contributed by atoms with E-state index >= 15 is 0 Å². The van der Waals surface area contributed by atoms with Crippen molar-refractivity contribution in [3.63, 3.8) is 0 Å². The molecule has 2 rings (SSSR count). The highest BCUT2D eigenvalue weighted by Gasteiger charge is 2.19. The van der Waals surface area contributed by atoms with Gasteiger partial charge in [-0.25, -0.2) is 13.1 Å². The maximum Gasteiger partial charge on any atom is 0.241 e. The van der Waals surface area contributed by atoms with Crippen LogP contribution in [-0.4, -0.2) is 38.9 Å². The number of nitrogens with zero attached hydrogens (tertiary/aromatic N) is 1. The lowest BCUT2D eigenvalue weighted by atomic mass is 10.2. The van der Waals surface area contributed by atoms with Gasteiger partial charge < -0.3 is 4.90 Å². The number of sulfonamides is 1. The standard InChI is InChI=1S/C14H19BrN2O3S/c15-12-5-7-13(8-6-12)21(19,20)16-11-14(18)17-9-3-1-2-4-10-17/h5-8,16H,1-4,9-11H2. The number of carbonyl (C=O) groups is 1. The third kappa shape index (κ3) is 4.79. The van der Waals surface area contributed by atoms with Crippen LogP contribution in [0.4, 0.5) is 0 Å². The van der Waals surface area contributed by atoms with Crippen molar-refractivity contribution in [1.82, 2.24) is 9.62 Å². The quantitative estimate of drug-likeness (QED) is 0.877. The van der Waals surface area contributed by atoms with E-state index in [4.69, 9.17) is 0 Å². The van der Waals surface area contributed by atoms with Crippen molar-refractivity contribution >= 4 is 31.9 Å². The predicted octanol–water partition coefficient (Wildman–Crippen LogP) is 2.13. The Balaban J connectivity index is 1.94. The van der Waals surface area contributed by atoms with Gasteiger partial charge in [-0.3, -0.25) is 4.79 Å². The third-order valence-corrected chi connectivity index (χ3v) is 5.44. The highest BCUT2D eigenvalue weighted by molar-refractivity contribution is 9.10. The zero-order valence-electron chi connectivity index (χ0n) is 11.7. The zero-order valence-corrected chi connectivity index (χ0v) is 14.1. The van der Waals surface area contributed by atoms with Crippen LogP contribution in [0, 0.1) is 0 Å². The molecule has 1 aromatic carbocycles. The molecule has 1 saturated heterocycles. The molecule has 0 radical (unpaired) electrons. The molecule has 21 heavy (non-hydrogen) atoms. The van der Waals surface area contributed by atoms with Crippen LogP contribution in [0.5, 0.6) is 0 Å². The summed E-state index contributed by atoms with van der Waals surface area (Å²) in [4.78, 5) is 14.0. The van der Waals surface area contributed by atoms with Gasteiger partial charge in [-0.1, -0.05) is 28.8 Å². The lowest BCUT2D eigenvalue weighted by Crippen LogP contribution is -2.40. The monoisotopic (exact) mass is 374 g/mol. The molecule has 0 bridgehead atoms. The number of carbonyl (C=O) groups excluding carboxylic acids is 1. The van der Waals surface area contributed by atoms with Gasteiger partial charge in [-0.15, -0.1) is 0 Å². The van der Waals surface area contributed by atoms with Crippen LogP contribution in [0.2, 0.25) is 0 Å². The van der Waals surface area contributed by atoms with Crippen LogP contribution in [0.3, 0.4) is 0 Å². The number of nitrogens with one attached hydrogen (secondary N) is 1. The Bertz CT molecular complexity index is 579. The molecule has 116 valence electrons. The van der Waals surface area contributed by atoms with Gasteiger partial charge in [0.15, 0.2) is 0 Å². The van der Waals surface area contributed by atoms with E-state index in [0.29, 0.717) is 0 Å². The molecule has 0 unspecified atom stereocenters. The molecular formula is C14H19BrN2O3S. The molecule has 1 aromatic rings. The summed E-state index contributed by atoms with van der Waals surface area (Å²) >= 11 is 3.26. The Morgan fingerprint density at radius 3 is 2.24 bits per heavy atom. The Labute approximate surface area is 133 Å². The topological polar surface area (TPSA) is 66.5 Å². The number of hydrogen-bond acceptors (Lipinski definition) is 3. The van der Waals surface area contributed by atoms with E-state index in [2.05, 4.69) is 20.7 Å². The van der Waals surface area contributed by atoms with Crippen molar-refractivity contribution in [2.24, 2.45) is 0 Å². The molecule has 0 atom stereocenters. The maximum atomic E-state index is 12.1. The van der Waals surface area contributed by atoms with Gasteiger partial charge in [0.1, 0.15) is 0 Å². The molecule has 0 saturated carbocycles. The molecule has 0 aliphatic carbocycles. The lowest BCUT2D eigenvalue weighted by molar-refractivity contribution is -0.129. The summed E-state index contributed by atoms with van der Waals surface area (Å²) in [5.74, 6) is -0.155. The number of benzene rings is 1. The Hall–Kier alpha value is -0.920. The lowest BCUT2D eigenvalue weighted by Gasteiger charge is -2.20. The number of hydrogen-bond donors (Lipinski definition) is 1. The summed E-state index contributed by atoms with van der Waals surface area (Å²) < 4.78 is 27.4. The van der Waals surface area contributed by atoms with E-state index in [-0.39, 0.29) is 17.3 Å². The van der Waals surface area contributed by atoms with E-state index in [1.165, 1.54) is 12.1 Å². The fraction of sp³-hybridized carbons (Fsp3) is 0.500. The van der Waals surface area contributed by atoms with Gasteiger partial charge in [0.05, 0.1) is 11.4 Å². The van der Waals surface area contributed by atoms with Crippen LogP contribution < -0.4 is 4.72 Å². The minimum absolute atomic E-state index is 0.155. The molecule has 1 amide bonds. The number of halogens is 1. The summed E-state index contributed by atoms with van der Waals surface area (Å²) in [7, 11) is -3.64. The molecule has 1 heterocycles. The highest BCUT2D eigenvalue weighted by atomic mass is 79.9. The maximum absolute atomic E-state index is 12.1. The summed E-state index contributed by atoms with van der Waals surface area (Å²) in [6.07, 6.45) is 4.25. The van der Waals surface area contributed by atoms with Crippen LogP contribution in [0.25, 0.3) is 0 Å². The second kappa shape index (κ2) is 7.38. The average Bonchev–Trinajstić information content (AvgIpc) is 2.74. The summed E-state index contributed by atoms with van der Waals surface area (Å²) in [5, 5.41) is 0. The van der Waals surface area contributed by atoms with E-state index in [0.717, 1.165) is 43.2 Å². The van der Waals surface area contributed by atoms with Crippen LogP contribution >= 0.6 is 15.9 Å². The van der Waals surface area contributed by atoms with Gasteiger partial charge in [0, 0.05) is 17.6 Å². The van der Waals surface area contributed by atoms with Crippen molar-refractivity contribution in [1.29, 1.82) is 0 Å². The minimum Gasteiger partial charge on any atom is -0.342 e. The van der Waals surface area contributed by atoms with Crippen molar-refractivity contribution < 1.29 is 13.2 Å². The second-order valence-corrected chi connectivity index (χ2v) is 7.76. The average molecular weight is 375 g/mol. The van der Waals surface area contributed by atoms with Crippen LogP contribution in [-0.2, 0) is 14.8 Å². The summed E-state index contributed by atoms with van der Waals surface area (Å²) in [5.41, 5.74) is 0. The van der Waals surface area contributed by atoms with Gasteiger partial charge in [0.25, 0.3) is 0 Å². The van der Waals surface area contributed by atoms with Gasteiger partial charge in [-0.2, -0.15) is 0 Å². The molecule has 0 aromatic heterocycles. The molecule has 7 heteroatoms. The van der Waals surface area contributed by atoms with E-state index < -0.39 is 10.0 Å². The second-order valence-electron chi connectivity index (χ2n) is 5.07. The number of rotatable bonds is 4. The van der Waals surface area contributed by atoms with Crippen LogP contribution in [0.15, 0.2) is 33.6 Å². The fourth-order valence-electron chi connectivity index (χ4n) is 2.29. The van der Waals surface area contributed by atoms with Gasteiger partial charge in [-0.05, 0) is 37.1 Å². The molecule has 5 nitrogen and oxygen atoms in total. The Morgan fingerprint density at radius 1 is 1.10 bits per heavy atom. The first-order valence-corrected chi connectivity index (χ1v) is 9.30. The van der Waals surface area contributed by atoms with E-state index in [9.17, 15) is 13.2 Å². The summed E-state index contributed by atoms with van der Waals surface area (Å²) in [6, 6.07) is 6.32. The van der Waals surface area contributed by atoms with Crippen LogP contribution in [0.1, 0.15) is 25.7 Å². The largest absolute Gasteiger partial charge is 0.342 e. The van der Waals surface area contributed by atoms with Gasteiger partial charge >= 0.3 is 0 Å². The van der Waals surface area contributed by atoms with E-state index in [1.54, 1.807) is 17.0 Å². The smallest absolute Gasteiger partial charge is 0.241 e. The fourth-order valence-corrected chi connectivity index (χ4v) is 3.52. The molecule has 1 fully saturated rings. The third-order valence-electron chi connectivity index (χ3n) is 3.50. The summed E-state index contributed by atoms with van der Waals surface area (Å²) in [6.45, 7) is 1.26. The molecule has 1 N–H and O–H groups in total. The first-order valence-electron chi connectivity index (χ1n) is 7.02. The van der Waals surface area contributed by atoms with Gasteiger partial charge in [0.2, 0.25) is 15.9 Å². The normalized spacial score (nSPS) is 16.5. The number of likely N-dealkylation sites (tertiary alicyclic amines) is 1. The number of amides is 1. The minimum atomic E-state index is -3.64.